The maximum Gasteiger partial charge on any atom is 0.355 e. The van der Waals surface area contributed by atoms with E-state index < -0.39 is 11.8 Å². The molecule has 2 aromatic heterocycles. The van der Waals surface area contributed by atoms with Crippen molar-refractivity contribution in [2.24, 2.45) is 0 Å². The molecule has 0 aliphatic rings. The number of halogens is 2. The van der Waals surface area contributed by atoms with Crippen LogP contribution in [0.3, 0.4) is 0 Å². The fourth-order valence-electron chi connectivity index (χ4n) is 1.89. The highest BCUT2D eigenvalue weighted by Gasteiger charge is 2.20. The van der Waals surface area contributed by atoms with Gasteiger partial charge in [-0.15, -0.1) is 11.3 Å². The Bertz CT molecular complexity index is 868. The first-order valence-corrected chi connectivity index (χ1v) is 8.21. The quantitative estimate of drug-likeness (QED) is 0.481. The van der Waals surface area contributed by atoms with Gasteiger partial charge in [-0.25, -0.2) is 14.2 Å². The molecule has 3 rings (SSSR count). The molecule has 1 aromatic carbocycles. The molecule has 3 aromatic rings. The molecule has 0 saturated heterocycles. The minimum Gasteiger partial charge on any atom is -0.419 e. The highest BCUT2D eigenvalue weighted by Crippen LogP contribution is 2.28. The average Bonchev–Trinajstić information content (AvgIpc) is 2.93. The Kier molecular flexibility index (Phi) is 4.49. The van der Waals surface area contributed by atoms with E-state index >= 15 is 0 Å². The molecule has 0 spiro atoms. The molecule has 0 aliphatic carbocycles. The minimum absolute atomic E-state index is 0.120. The summed E-state index contributed by atoms with van der Waals surface area (Å²) in [6.07, 6.45) is 1.65. The van der Waals surface area contributed by atoms with Crippen LogP contribution in [0, 0.1) is 12.7 Å². The largest absolute Gasteiger partial charge is 0.419 e. The number of carbonyl (C=O) groups is 1. The van der Waals surface area contributed by atoms with Gasteiger partial charge in [0, 0.05) is 10.7 Å². The van der Waals surface area contributed by atoms with Gasteiger partial charge in [0.05, 0.1) is 11.4 Å². The van der Waals surface area contributed by atoms with E-state index in [0.717, 1.165) is 0 Å². The van der Waals surface area contributed by atoms with Gasteiger partial charge in [0.1, 0.15) is 9.88 Å². The molecule has 0 fully saturated rings. The van der Waals surface area contributed by atoms with Crippen molar-refractivity contribution in [3.05, 3.63) is 63.5 Å². The first-order chi connectivity index (χ1) is 11.0. The van der Waals surface area contributed by atoms with Crippen LogP contribution in [0.15, 0.2) is 47.1 Å². The maximum atomic E-state index is 13.8. The van der Waals surface area contributed by atoms with Gasteiger partial charge in [-0.2, -0.15) is 0 Å². The summed E-state index contributed by atoms with van der Waals surface area (Å²) in [5.41, 5.74) is 1.20. The first kappa shape index (κ1) is 15.8. The standard InChI is InChI=1S/C16H10BrFN2O2S/c1-9-14(23-15(20-9)12-4-2-3-7-19-12)16(21)22-13-6-5-10(17)8-11(13)18/h2-8H,1H3. The van der Waals surface area contributed by atoms with Crippen LogP contribution in [0.1, 0.15) is 15.4 Å². The topological polar surface area (TPSA) is 52.1 Å². The van der Waals surface area contributed by atoms with E-state index in [4.69, 9.17) is 4.74 Å². The van der Waals surface area contributed by atoms with Gasteiger partial charge in [-0.3, -0.25) is 4.98 Å². The molecule has 2 heterocycles. The first-order valence-electron chi connectivity index (χ1n) is 6.60. The molecule has 0 atom stereocenters. The van der Waals surface area contributed by atoms with Gasteiger partial charge < -0.3 is 4.74 Å². The molecule has 0 radical (unpaired) electrons. The third kappa shape index (κ3) is 3.46. The number of hydrogen-bond acceptors (Lipinski definition) is 5. The zero-order chi connectivity index (χ0) is 16.4. The molecular formula is C16H10BrFN2O2S. The second-order valence-corrected chi connectivity index (χ2v) is 6.53. The predicted molar refractivity (Wildman–Crippen MR) is 89.1 cm³/mol. The average molecular weight is 393 g/mol. The van der Waals surface area contributed by atoms with Gasteiger partial charge in [0.15, 0.2) is 11.6 Å². The number of ether oxygens (including phenoxy) is 1. The molecule has 23 heavy (non-hydrogen) atoms. The summed E-state index contributed by atoms with van der Waals surface area (Å²) in [6, 6.07) is 9.69. The molecule has 0 amide bonds. The zero-order valence-corrected chi connectivity index (χ0v) is 14.3. The lowest BCUT2D eigenvalue weighted by Gasteiger charge is -2.04. The van der Waals surface area contributed by atoms with Crippen LogP contribution in [0.4, 0.5) is 4.39 Å². The van der Waals surface area contributed by atoms with Crippen molar-refractivity contribution in [3.63, 3.8) is 0 Å². The van der Waals surface area contributed by atoms with Crippen molar-refractivity contribution in [2.75, 3.05) is 0 Å². The lowest BCUT2D eigenvalue weighted by atomic mass is 10.3. The van der Waals surface area contributed by atoms with Crippen molar-refractivity contribution in [1.29, 1.82) is 0 Å². The molecule has 0 saturated carbocycles. The van der Waals surface area contributed by atoms with E-state index in [1.807, 2.05) is 12.1 Å². The third-order valence-corrected chi connectivity index (χ3v) is 4.62. The Morgan fingerprint density at radius 3 is 2.83 bits per heavy atom. The number of benzene rings is 1. The minimum atomic E-state index is -0.636. The smallest absolute Gasteiger partial charge is 0.355 e. The zero-order valence-electron chi connectivity index (χ0n) is 11.9. The Morgan fingerprint density at radius 2 is 2.13 bits per heavy atom. The van der Waals surface area contributed by atoms with Crippen molar-refractivity contribution in [1.82, 2.24) is 9.97 Å². The van der Waals surface area contributed by atoms with Crippen molar-refractivity contribution < 1.29 is 13.9 Å². The fourth-order valence-corrected chi connectivity index (χ4v) is 3.14. The summed E-state index contributed by atoms with van der Waals surface area (Å²) in [5.74, 6) is -1.37. The molecule has 0 N–H and O–H groups in total. The number of aromatic nitrogens is 2. The highest BCUT2D eigenvalue weighted by molar-refractivity contribution is 9.10. The van der Waals surface area contributed by atoms with E-state index in [0.29, 0.717) is 25.7 Å². The number of thiazole rings is 1. The maximum absolute atomic E-state index is 13.8. The SMILES string of the molecule is Cc1nc(-c2ccccn2)sc1C(=O)Oc1ccc(Br)cc1F. The third-order valence-electron chi connectivity index (χ3n) is 2.96. The molecule has 7 heteroatoms. The molecule has 0 unspecified atom stereocenters. The summed E-state index contributed by atoms with van der Waals surface area (Å²) >= 11 is 4.32. The molecule has 4 nitrogen and oxygen atoms in total. The summed E-state index contributed by atoms with van der Waals surface area (Å²) in [5, 5.41) is 0.617. The number of rotatable bonds is 3. The van der Waals surface area contributed by atoms with Gasteiger partial charge >= 0.3 is 5.97 Å². The number of nitrogens with zero attached hydrogens (tertiary/aromatic N) is 2. The molecule has 0 bridgehead atoms. The van der Waals surface area contributed by atoms with Gasteiger partial charge in [0.2, 0.25) is 0 Å². The fraction of sp³-hybridized carbons (Fsp3) is 0.0625. The Labute approximate surface area is 144 Å². The monoisotopic (exact) mass is 392 g/mol. The summed E-state index contributed by atoms with van der Waals surface area (Å²) in [4.78, 5) is 21.1. The van der Waals surface area contributed by atoms with Crippen LogP contribution >= 0.6 is 27.3 Å². The van der Waals surface area contributed by atoms with E-state index in [1.54, 1.807) is 25.3 Å². The normalized spacial score (nSPS) is 10.6. The van der Waals surface area contributed by atoms with Crippen molar-refractivity contribution in [2.45, 2.75) is 6.92 Å². The predicted octanol–water partition coefficient (Wildman–Crippen LogP) is 4.63. The summed E-state index contributed by atoms with van der Waals surface area (Å²) < 4.78 is 19.5. The number of pyridine rings is 1. The van der Waals surface area contributed by atoms with Gasteiger partial charge in [-0.05, 0) is 37.3 Å². The summed E-state index contributed by atoms with van der Waals surface area (Å²) in [7, 11) is 0. The highest BCUT2D eigenvalue weighted by atomic mass is 79.9. The van der Waals surface area contributed by atoms with E-state index in [9.17, 15) is 9.18 Å². The van der Waals surface area contributed by atoms with Gasteiger partial charge in [-0.1, -0.05) is 22.0 Å². The van der Waals surface area contributed by atoms with Gasteiger partial charge in [0.25, 0.3) is 0 Å². The number of hydrogen-bond donors (Lipinski definition) is 0. The van der Waals surface area contributed by atoms with Crippen LogP contribution in [0.5, 0.6) is 5.75 Å². The van der Waals surface area contributed by atoms with Crippen LogP contribution in [0.2, 0.25) is 0 Å². The van der Waals surface area contributed by atoms with Crippen LogP contribution in [0.25, 0.3) is 10.7 Å². The van der Waals surface area contributed by atoms with Crippen LogP contribution in [-0.4, -0.2) is 15.9 Å². The Hall–Kier alpha value is -2.12. The van der Waals surface area contributed by atoms with Crippen molar-refractivity contribution in [3.8, 4) is 16.5 Å². The van der Waals surface area contributed by atoms with E-state index in [2.05, 4.69) is 25.9 Å². The summed E-state index contributed by atoms with van der Waals surface area (Å²) in [6.45, 7) is 1.71. The number of esters is 1. The second-order valence-electron chi connectivity index (χ2n) is 4.61. The second kappa shape index (κ2) is 6.55. The molecular weight excluding hydrogens is 383 g/mol. The van der Waals surface area contributed by atoms with Crippen LogP contribution < -0.4 is 4.74 Å². The van der Waals surface area contributed by atoms with Crippen molar-refractivity contribution >= 4 is 33.2 Å². The molecule has 0 aliphatic heterocycles. The Balaban J connectivity index is 1.87. The van der Waals surface area contributed by atoms with E-state index in [-0.39, 0.29) is 5.75 Å². The lowest BCUT2D eigenvalue weighted by Crippen LogP contribution is -2.09. The number of carbonyl (C=O) groups excluding carboxylic acids is 1. The lowest BCUT2D eigenvalue weighted by molar-refractivity contribution is 0.0732. The van der Waals surface area contributed by atoms with Crippen LogP contribution in [-0.2, 0) is 0 Å². The number of aryl methyl sites for hydroxylation is 1. The Morgan fingerprint density at radius 1 is 1.30 bits per heavy atom. The van der Waals surface area contributed by atoms with E-state index in [1.165, 1.54) is 23.5 Å². The molecule has 116 valence electrons.